The predicted molar refractivity (Wildman–Crippen MR) is 77.8 cm³/mol. The highest BCUT2D eigenvalue weighted by atomic mass is 32.2. The first-order valence-corrected chi connectivity index (χ1v) is 7.77. The van der Waals surface area contributed by atoms with Crippen molar-refractivity contribution in [2.75, 3.05) is 17.3 Å². The zero-order valence-corrected chi connectivity index (χ0v) is 12.1. The first-order valence-electron chi connectivity index (χ1n) is 6.55. The van der Waals surface area contributed by atoms with Crippen LogP contribution in [0.4, 0.5) is 11.6 Å². The first-order chi connectivity index (χ1) is 8.60. The number of nitrogens with two attached hydrogens (primary N) is 1. The summed E-state index contributed by atoms with van der Waals surface area (Å²) in [6.45, 7) is 4.65. The lowest BCUT2D eigenvalue weighted by Gasteiger charge is -2.34. The van der Waals surface area contributed by atoms with Crippen LogP contribution in [0.1, 0.15) is 33.1 Å². The van der Waals surface area contributed by atoms with Crippen LogP contribution in [-0.2, 0) is 0 Å². The number of nitrogens with zero attached hydrogens (tertiary/aromatic N) is 2. The molecule has 3 unspecified atom stereocenters. The molecule has 1 heterocycles. The van der Waals surface area contributed by atoms with Gasteiger partial charge in [-0.15, -0.1) is 0 Å². The van der Waals surface area contributed by atoms with Gasteiger partial charge in [-0.1, -0.05) is 38.5 Å². The van der Waals surface area contributed by atoms with Crippen molar-refractivity contribution in [3.8, 4) is 0 Å². The van der Waals surface area contributed by atoms with Crippen molar-refractivity contribution in [3.05, 3.63) is 6.07 Å². The first kappa shape index (κ1) is 13.5. The van der Waals surface area contributed by atoms with E-state index in [1.807, 2.05) is 12.3 Å². The molecule has 3 N–H and O–H groups in total. The standard InChI is InChI=1S/C13H22N4S/c1-8-5-4-6-10(9(8)2)15-12-7-11(14)16-13(17-12)18-3/h7-10H,4-6H2,1-3H3,(H3,14,15,16,17). The fraction of sp³-hybridized carbons (Fsp3) is 0.692. The Kier molecular flexibility index (Phi) is 4.32. The third-order valence-electron chi connectivity index (χ3n) is 3.95. The van der Waals surface area contributed by atoms with E-state index in [0.717, 1.165) is 16.9 Å². The summed E-state index contributed by atoms with van der Waals surface area (Å²) in [6.07, 6.45) is 5.80. The summed E-state index contributed by atoms with van der Waals surface area (Å²) >= 11 is 1.52. The second kappa shape index (κ2) is 5.78. The number of hydrogen-bond acceptors (Lipinski definition) is 5. The van der Waals surface area contributed by atoms with Crippen LogP contribution in [0, 0.1) is 11.8 Å². The smallest absolute Gasteiger partial charge is 0.191 e. The number of hydrogen-bond donors (Lipinski definition) is 2. The maximum Gasteiger partial charge on any atom is 0.191 e. The van der Waals surface area contributed by atoms with Gasteiger partial charge in [-0.3, -0.25) is 0 Å². The Labute approximate surface area is 113 Å². The van der Waals surface area contributed by atoms with Crippen molar-refractivity contribution in [1.29, 1.82) is 0 Å². The Morgan fingerprint density at radius 3 is 2.83 bits per heavy atom. The molecule has 5 heteroatoms. The van der Waals surface area contributed by atoms with Gasteiger partial charge in [0.05, 0.1) is 0 Å². The van der Waals surface area contributed by atoms with Gasteiger partial charge in [0.2, 0.25) is 0 Å². The third kappa shape index (κ3) is 3.07. The van der Waals surface area contributed by atoms with Gasteiger partial charge in [-0.2, -0.15) is 0 Å². The van der Waals surface area contributed by atoms with E-state index in [4.69, 9.17) is 5.73 Å². The summed E-state index contributed by atoms with van der Waals surface area (Å²) in [5.74, 6) is 2.84. The molecule has 4 nitrogen and oxygen atoms in total. The summed E-state index contributed by atoms with van der Waals surface area (Å²) in [7, 11) is 0. The molecule has 0 aromatic carbocycles. The van der Waals surface area contributed by atoms with Gasteiger partial charge in [0, 0.05) is 12.1 Å². The molecule has 1 aliphatic carbocycles. The second-order valence-corrected chi connectivity index (χ2v) is 5.96. The van der Waals surface area contributed by atoms with Crippen molar-refractivity contribution in [2.45, 2.75) is 44.3 Å². The van der Waals surface area contributed by atoms with Crippen LogP contribution in [0.2, 0.25) is 0 Å². The predicted octanol–water partition coefficient (Wildman–Crippen LogP) is 3.02. The molecule has 1 fully saturated rings. The van der Waals surface area contributed by atoms with Crippen molar-refractivity contribution >= 4 is 23.4 Å². The minimum Gasteiger partial charge on any atom is -0.383 e. The number of nitrogen functional groups attached to an aromatic ring is 1. The van der Waals surface area contributed by atoms with Crippen molar-refractivity contribution in [3.63, 3.8) is 0 Å². The molecule has 0 aliphatic heterocycles. The van der Waals surface area contributed by atoms with Gasteiger partial charge in [0.1, 0.15) is 11.6 Å². The van der Waals surface area contributed by atoms with E-state index >= 15 is 0 Å². The molecule has 0 bridgehead atoms. The Hall–Kier alpha value is -0.970. The van der Waals surface area contributed by atoms with Crippen LogP contribution in [0.3, 0.4) is 0 Å². The molecule has 1 aromatic rings. The molecular formula is C13H22N4S. The lowest BCUT2D eigenvalue weighted by molar-refractivity contribution is 0.253. The van der Waals surface area contributed by atoms with Crippen LogP contribution in [0.25, 0.3) is 0 Å². The minimum absolute atomic E-state index is 0.498. The maximum absolute atomic E-state index is 5.80. The van der Waals surface area contributed by atoms with Gasteiger partial charge in [0.15, 0.2) is 5.16 Å². The zero-order chi connectivity index (χ0) is 13.1. The average molecular weight is 266 g/mol. The normalized spacial score (nSPS) is 28.1. The molecule has 100 valence electrons. The van der Waals surface area contributed by atoms with Crippen molar-refractivity contribution in [1.82, 2.24) is 9.97 Å². The second-order valence-electron chi connectivity index (χ2n) is 5.18. The quantitative estimate of drug-likeness (QED) is 0.650. The Bertz CT molecular complexity index is 410. The molecule has 18 heavy (non-hydrogen) atoms. The van der Waals surface area contributed by atoms with E-state index in [0.29, 0.717) is 17.8 Å². The van der Waals surface area contributed by atoms with Gasteiger partial charge < -0.3 is 11.1 Å². The van der Waals surface area contributed by atoms with E-state index in [-0.39, 0.29) is 0 Å². The van der Waals surface area contributed by atoms with Crippen LogP contribution >= 0.6 is 11.8 Å². The molecule has 1 aromatic heterocycles. The molecule has 1 aliphatic rings. The van der Waals surface area contributed by atoms with Crippen LogP contribution < -0.4 is 11.1 Å². The number of thioether (sulfide) groups is 1. The number of aromatic nitrogens is 2. The molecule has 0 amide bonds. The lowest BCUT2D eigenvalue weighted by atomic mass is 9.78. The number of anilines is 2. The average Bonchev–Trinajstić information content (AvgIpc) is 2.34. The minimum atomic E-state index is 0.498. The topological polar surface area (TPSA) is 63.8 Å². The highest BCUT2D eigenvalue weighted by molar-refractivity contribution is 7.98. The van der Waals surface area contributed by atoms with Crippen LogP contribution in [-0.4, -0.2) is 22.3 Å². The summed E-state index contributed by atoms with van der Waals surface area (Å²) < 4.78 is 0. The molecule has 0 spiro atoms. The molecular weight excluding hydrogens is 244 g/mol. The monoisotopic (exact) mass is 266 g/mol. The lowest BCUT2D eigenvalue weighted by Crippen LogP contribution is -2.35. The van der Waals surface area contributed by atoms with Gasteiger partial charge >= 0.3 is 0 Å². The van der Waals surface area contributed by atoms with E-state index in [1.165, 1.54) is 31.0 Å². The molecule has 3 atom stereocenters. The van der Waals surface area contributed by atoms with E-state index in [2.05, 4.69) is 29.1 Å². The van der Waals surface area contributed by atoms with Crippen molar-refractivity contribution < 1.29 is 0 Å². The Morgan fingerprint density at radius 2 is 2.11 bits per heavy atom. The third-order valence-corrected chi connectivity index (χ3v) is 4.50. The summed E-state index contributed by atoms with van der Waals surface area (Å²) in [6, 6.07) is 2.32. The molecule has 1 saturated carbocycles. The number of rotatable bonds is 3. The van der Waals surface area contributed by atoms with Crippen LogP contribution in [0.5, 0.6) is 0 Å². The molecule has 0 radical (unpaired) electrons. The Morgan fingerprint density at radius 1 is 1.33 bits per heavy atom. The fourth-order valence-corrected chi connectivity index (χ4v) is 2.97. The summed E-state index contributed by atoms with van der Waals surface area (Å²) in [4.78, 5) is 8.64. The van der Waals surface area contributed by atoms with Crippen molar-refractivity contribution in [2.24, 2.45) is 11.8 Å². The largest absolute Gasteiger partial charge is 0.383 e. The fourth-order valence-electron chi connectivity index (χ4n) is 2.58. The van der Waals surface area contributed by atoms with E-state index < -0.39 is 0 Å². The SMILES string of the molecule is CSc1nc(N)cc(NC2CCCC(C)C2C)n1. The highest BCUT2D eigenvalue weighted by Gasteiger charge is 2.27. The Balaban J connectivity index is 2.10. The van der Waals surface area contributed by atoms with E-state index in [1.54, 1.807) is 0 Å². The summed E-state index contributed by atoms with van der Waals surface area (Å²) in [5, 5.41) is 4.26. The zero-order valence-electron chi connectivity index (χ0n) is 11.3. The number of nitrogens with one attached hydrogen (secondary N) is 1. The molecule has 2 rings (SSSR count). The highest BCUT2D eigenvalue weighted by Crippen LogP contribution is 2.31. The van der Waals surface area contributed by atoms with E-state index in [9.17, 15) is 0 Å². The van der Waals surface area contributed by atoms with Gasteiger partial charge in [0.25, 0.3) is 0 Å². The van der Waals surface area contributed by atoms with Crippen LogP contribution in [0.15, 0.2) is 11.2 Å². The maximum atomic E-state index is 5.80. The van der Waals surface area contributed by atoms with Gasteiger partial charge in [-0.25, -0.2) is 9.97 Å². The van der Waals surface area contributed by atoms with Gasteiger partial charge in [-0.05, 0) is 24.5 Å². The molecule has 0 saturated heterocycles. The summed E-state index contributed by atoms with van der Waals surface area (Å²) in [5.41, 5.74) is 5.80.